The van der Waals surface area contributed by atoms with Crippen molar-refractivity contribution in [1.82, 2.24) is 4.98 Å². The standard InChI is InChI=1S/C12H16N4O3/c13-10-1-2-11(15(3-5-17)4-6-18)12-9(10)7-16(19)8-14-12/h1-2,7-8,17-18H,3-6,13H2. The molecule has 0 amide bonds. The molecular formula is C12H16N4O3. The second-order valence-corrected chi connectivity index (χ2v) is 4.10. The maximum Gasteiger partial charge on any atom is 0.289 e. The summed E-state index contributed by atoms with van der Waals surface area (Å²) in [7, 11) is 0. The number of benzene rings is 1. The number of fused-ring (bicyclic) bond motifs is 1. The van der Waals surface area contributed by atoms with Crippen molar-refractivity contribution in [3.8, 4) is 0 Å². The average Bonchev–Trinajstić information content (AvgIpc) is 2.40. The molecule has 1 heterocycles. The molecule has 2 rings (SSSR count). The quantitative estimate of drug-likeness (QED) is 0.372. The number of aromatic nitrogens is 2. The second-order valence-electron chi connectivity index (χ2n) is 4.10. The van der Waals surface area contributed by atoms with Gasteiger partial charge in [-0.1, -0.05) is 0 Å². The molecule has 0 atom stereocenters. The lowest BCUT2D eigenvalue weighted by Crippen LogP contribution is -2.31. The summed E-state index contributed by atoms with van der Waals surface area (Å²) in [6.07, 6.45) is 2.51. The van der Waals surface area contributed by atoms with Gasteiger partial charge >= 0.3 is 0 Å². The number of nitrogens with two attached hydrogens (primary N) is 1. The minimum Gasteiger partial charge on any atom is -0.711 e. The lowest BCUT2D eigenvalue weighted by atomic mass is 10.1. The maximum absolute atomic E-state index is 11.3. The molecule has 0 aliphatic heterocycles. The van der Waals surface area contributed by atoms with Gasteiger partial charge in [0.1, 0.15) is 6.20 Å². The molecule has 0 fully saturated rings. The van der Waals surface area contributed by atoms with Gasteiger partial charge in [-0.15, -0.1) is 0 Å². The Balaban J connectivity index is 2.56. The van der Waals surface area contributed by atoms with E-state index in [0.29, 0.717) is 34.4 Å². The van der Waals surface area contributed by atoms with E-state index in [1.165, 1.54) is 6.20 Å². The topological polar surface area (TPSA) is 110 Å². The van der Waals surface area contributed by atoms with Crippen LogP contribution >= 0.6 is 0 Å². The van der Waals surface area contributed by atoms with Crippen LogP contribution in [0.4, 0.5) is 11.4 Å². The zero-order chi connectivity index (χ0) is 13.8. The van der Waals surface area contributed by atoms with Crippen molar-refractivity contribution in [2.24, 2.45) is 0 Å². The van der Waals surface area contributed by atoms with Crippen LogP contribution in [0.1, 0.15) is 0 Å². The SMILES string of the molecule is Nc1ccc(N(CCO)CCO)c2nc[n+]([O-])cc12. The minimum atomic E-state index is -0.0414. The Hall–Kier alpha value is -2.12. The molecule has 7 heteroatoms. The third-order valence-electron chi connectivity index (χ3n) is 2.87. The first-order valence-corrected chi connectivity index (χ1v) is 5.91. The molecule has 0 aliphatic carbocycles. The fourth-order valence-corrected chi connectivity index (χ4v) is 2.01. The number of aliphatic hydroxyl groups is 2. The molecule has 4 N–H and O–H groups in total. The highest BCUT2D eigenvalue weighted by Crippen LogP contribution is 2.28. The van der Waals surface area contributed by atoms with E-state index in [0.717, 1.165) is 12.0 Å². The molecule has 0 aliphatic rings. The predicted molar refractivity (Wildman–Crippen MR) is 71.5 cm³/mol. The van der Waals surface area contributed by atoms with E-state index >= 15 is 0 Å². The summed E-state index contributed by atoms with van der Waals surface area (Å²) < 4.78 is 0.588. The Morgan fingerprint density at radius 1 is 1.26 bits per heavy atom. The molecule has 1 aromatic heterocycles. The monoisotopic (exact) mass is 264 g/mol. The fourth-order valence-electron chi connectivity index (χ4n) is 2.01. The molecule has 0 spiro atoms. The van der Waals surface area contributed by atoms with Gasteiger partial charge in [-0.25, -0.2) is 4.73 Å². The van der Waals surface area contributed by atoms with Crippen molar-refractivity contribution < 1.29 is 14.9 Å². The molecule has 0 radical (unpaired) electrons. The van der Waals surface area contributed by atoms with Gasteiger partial charge < -0.3 is 26.1 Å². The van der Waals surface area contributed by atoms with Gasteiger partial charge in [0.2, 0.25) is 5.52 Å². The Kier molecular flexibility index (Phi) is 3.98. The van der Waals surface area contributed by atoms with Crippen LogP contribution in [0.25, 0.3) is 10.9 Å². The minimum absolute atomic E-state index is 0.0414. The van der Waals surface area contributed by atoms with Crippen LogP contribution in [0.2, 0.25) is 0 Å². The highest BCUT2D eigenvalue weighted by atomic mass is 16.5. The van der Waals surface area contributed by atoms with Gasteiger partial charge in [0.05, 0.1) is 24.3 Å². The predicted octanol–water partition coefficient (Wildman–Crippen LogP) is -0.759. The average molecular weight is 264 g/mol. The Bertz CT molecular complexity index is 570. The molecule has 0 saturated heterocycles. The lowest BCUT2D eigenvalue weighted by molar-refractivity contribution is -0.607. The van der Waals surface area contributed by atoms with Crippen LogP contribution in [0.15, 0.2) is 24.7 Å². The molecule has 102 valence electrons. The van der Waals surface area contributed by atoms with E-state index in [2.05, 4.69) is 4.98 Å². The molecular weight excluding hydrogens is 248 g/mol. The van der Waals surface area contributed by atoms with Crippen LogP contribution in [-0.4, -0.2) is 41.5 Å². The first kappa shape index (κ1) is 13.3. The second kappa shape index (κ2) is 5.68. The third kappa shape index (κ3) is 2.67. The summed E-state index contributed by atoms with van der Waals surface area (Å²) in [5, 5.41) is 30.0. The van der Waals surface area contributed by atoms with Crippen LogP contribution in [0.5, 0.6) is 0 Å². The summed E-state index contributed by atoms with van der Waals surface area (Å²) in [4.78, 5) is 5.89. The van der Waals surface area contributed by atoms with Gasteiger partial charge in [0.15, 0.2) is 0 Å². The van der Waals surface area contributed by atoms with E-state index in [1.54, 1.807) is 17.0 Å². The highest BCUT2D eigenvalue weighted by Gasteiger charge is 2.16. The number of nitrogens with zero attached hydrogens (tertiary/aromatic N) is 3. The summed E-state index contributed by atoms with van der Waals surface area (Å²) >= 11 is 0. The first-order valence-electron chi connectivity index (χ1n) is 5.91. The number of nitrogen functional groups attached to an aromatic ring is 1. The zero-order valence-corrected chi connectivity index (χ0v) is 10.4. The van der Waals surface area contributed by atoms with E-state index in [1.807, 2.05) is 0 Å². The summed E-state index contributed by atoms with van der Waals surface area (Å²) in [5.41, 5.74) is 7.60. The molecule has 7 nitrogen and oxygen atoms in total. The molecule has 19 heavy (non-hydrogen) atoms. The van der Waals surface area contributed by atoms with Crippen LogP contribution in [0.3, 0.4) is 0 Å². The van der Waals surface area contributed by atoms with Crippen LogP contribution in [-0.2, 0) is 0 Å². The fraction of sp³-hybridized carbons (Fsp3) is 0.333. The number of aliphatic hydroxyl groups excluding tert-OH is 2. The summed E-state index contributed by atoms with van der Waals surface area (Å²) in [6.45, 7) is 0.654. The largest absolute Gasteiger partial charge is 0.711 e. The van der Waals surface area contributed by atoms with Crippen LogP contribution in [0, 0.1) is 5.21 Å². The Morgan fingerprint density at radius 2 is 1.95 bits per heavy atom. The maximum atomic E-state index is 11.3. The zero-order valence-electron chi connectivity index (χ0n) is 10.4. The van der Waals surface area contributed by atoms with Crippen molar-refractivity contribution in [3.63, 3.8) is 0 Å². The van der Waals surface area contributed by atoms with E-state index < -0.39 is 0 Å². The van der Waals surface area contributed by atoms with Crippen molar-refractivity contribution in [2.75, 3.05) is 36.9 Å². The van der Waals surface area contributed by atoms with Gasteiger partial charge in [-0.05, 0) is 17.1 Å². The lowest BCUT2D eigenvalue weighted by Gasteiger charge is -2.22. The van der Waals surface area contributed by atoms with Crippen molar-refractivity contribution in [1.29, 1.82) is 0 Å². The van der Waals surface area contributed by atoms with Gasteiger partial charge in [-0.3, -0.25) is 0 Å². The smallest absolute Gasteiger partial charge is 0.289 e. The summed E-state index contributed by atoms with van der Waals surface area (Å²) in [6, 6.07) is 3.45. The Labute approximate surface area is 110 Å². The molecule has 0 bridgehead atoms. The van der Waals surface area contributed by atoms with Gasteiger partial charge in [0, 0.05) is 18.8 Å². The molecule has 0 saturated carbocycles. The number of anilines is 2. The van der Waals surface area contributed by atoms with E-state index in [9.17, 15) is 5.21 Å². The Morgan fingerprint density at radius 3 is 2.58 bits per heavy atom. The number of rotatable bonds is 5. The van der Waals surface area contributed by atoms with E-state index in [-0.39, 0.29) is 13.2 Å². The number of hydrogen-bond acceptors (Lipinski definition) is 6. The van der Waals surface area contributed by atoms with Crippen LogP contribution < -0.4 is 15.4 Å². The number of hydrogen-bond donors (Lipinski definition) is 3. The van der Waals surface area contributed by atoms with Crippen molar-refractivity contribution >= 4 is 22.3 Å². The van der Waals surface area contributed by atoms with Gasteiger partial charge in [0.25, 0.3) is 6.33 Å². The highest BCUT2D eigenvalue weighted by molar-refractivity contribution is 5.97. The molecule has 1 aromatic carbocycles. The molecule has 0 unspecified atom stereocenters. The van der Waals surface area contributed by atoms with Gasteiger partial charge in [-0.2, -0.15) is 0 Å². The van der Waals surface area contributed by atoms with Crippen molar-refractivity contribution in [2.45, 2.75) is 0 Å². The summed E-state index contributed by atoms with van der Waals surface area (Å²) in [5.74, 6) is 0. The first-order chi connectivity index (χ1) is 9.17. The third-order valence-corrected chi connectivity index (χ3v) is 2.87. The van der Waals surface area contributed by atoms with Crippen molar-refractivity contribution in [3.05, 3.63) is 29.9 Å². The molecule has 2 aromatic rings. The normalized spacial score (nSPS) is 10.8. The van der Waals surface area contributed by atoms with E-state index in [4.69, 9.17) is 15.9 Å².